The van der Waals surface area contributed by atoms with E-state index in [1.807, 2.05) is 0 Å². The van der Waals surface area contributed by atoms with Crippen LogP contribution < -0.4 is 10.5 Å². The van der Waals surface area contributed by atoms with Gasteiger partial charge in [0.2, 0.25) is 0 Å². The van der Waals surface area contributed by atoms with Crippen LogP contribution in [0.3, 0.4) is 0 Å². The summed E-state index contributed by atoms with van der Waals surface area (Å²) in [6.45, 7) is 0. The van der Waals surface area contributed by atoms with Gasteiger partial charge in [0.25, 0.3) is 0 Å². The maximum atomic E-state index is 13.0. The highest BCUT2D eigenvalue weighted by Gasteiger charge is 2.07. The molecule has 2 rings (SSSR count). The third kappa shape index (κ3) is 3.29. The minimum atomic E-state index is -0.716. The van der Waals surface area contributed by atoms with Crippen molar-refractivity contribution in [2.45, 2.75) is 0 Å². The van der Waals surface area contributed by atoms with Crippen molar-refractivity contribution in [3.8, 4) is 11.5 Å². The zero-order valence-corrected chi connectivity index (χ0v) is 11.2. The van der Waals surface area contributed by atoms with E-state index in [1.54, 1.807) is 18.2 Å². The predicted octanol–water partition coefficient (Wildman–Crippen LogP) is 3.80. The van der Waals surface area contributed by atoms with Crippen molar-refractivity contribution in [2.24, 2.45) is 5.73 Å². The molecule has 2 aromatic rings. The van der Waals surface area contributed by atoms with E-state index in [2.05, 4.69) is 15.9 Å². The molecule has 98 valence electrons. The SMILES string of the molecule is N=C(N)c1ccc(Oc2cc(F)cc(F)c2)c(Br)c1. The van der Waals surface area contributed by atoms with Crippen LogP contribution in [-0.4, -0.2) is 5.84 Å². The molecule has 0 bridgehead atoms. The average Bonchev–Trinajstić information content (AvgIpc) is 2.30. The Morgan fingerprint density at radius 1 is 1.11 bits per heavy atom. The summed E-state index contributed by atoms with van der Waals surface area (Å²) in [7, 11) is 0. The minimum Gasteiger partial charge on any atom is -0.456 e. The van der Waals surface area contributed by atoms with Crippen LogP contribution in [0.5, 0.6) is 11.5 Å². The molecule has 0 fully saturated rings. The summed E-state index contributed by atoms with van der Waals surface area (Å²) in [6, 6.07) is 7.65. The molecule has 3 nitrogen and oxygen atoms in total. The summed E-state index contributed by atoms with van der Waals surface area (Å²) < 4.78 is 31.9. The van der Waals surface area contributed by atoms with Gasteiger partial charge in [0.1, 0.15) is 29.0 Å². The van der Waals surface area contributed by atoms with E-state index in [0.717, 1.165) is 18.2 Å². The third-order valence-corrected chi connectivity index (χ3v) is 2.93. The van der Waals surface area contributed by atoms with Crippen LogP contribution in [-0.2, 0) is 0 Å². The van der Waals surface area contributed by atoms with E-state index >= 15 is 0 Å². The van der Waals surface area contributed by atoms with Crippen molar-refractivity contribution in [1.82, 2.24) is 0 Å². The van der Waals surface area contributed by atoms with Gasteiger partial charge in [-0.25, -0.2) is 8.78 Å². The van der Waals surface area contributed by atoms with Crippen LogP contribution in [0.2, 0.25) is 0 Å². The van der Waals surface area contributed by atoms with Crippen molar-refractivity contribution in [3.63, 3.8) is 0 Å². The number of benzene rings is 2. The number of rotatable bonds is 3. The summed E-state index contributed by atoms with van der Waals surface area (Å²) in [6.07, 6.45) is 0. The molecule has 0 aliphatic rings. The van der Waals surface area contributed by atoms with Crippen molar-refractivity contribution in [1.29, 1.82) is 5.41 Å². The summed E-state index contributed by atoms with van der Waals surface area (Å²) in [5, 5.41) is 7.30. The molecule has 0 aliphatic carbocycles. The smallest absolute Gasteiger partial charge is 0.141 e. The molecule has 0 spiro atoms. The van der Waals surface area contributed by atoms with Gasteiger partial charge < -0.3 is 10.5 Å². The first kappa shape index (κ1) is 13.5. The normalized spacial score (nSPS) is 10.3. The topological polar surface area (TPSA) is 59.1 Å². The Kier molecular flexibility index (Phi) is 3.80. The van der Waals surface area contributed by atoms with Gasteiger partial charge in [-0.05, 0) is 34.1 Å². The van der Waals surface area contributed by atoms with Crippen LogP contribution in [0.1, 0.15) is 5.56 Å². The number of ether oxygens (including phenoxy) is 1. The van der Waals surface area contributed by atoms with Crippen molar-refractivity contribution >= 4 is 21.8 Å². The molecule has 0 amide bonds. The third-order valence-electron chi connectivity index (χ3n) is 2.31. The van der Waals surface area contributed by atoms with Gasteiger partial charge >= 0.3 is 0 Å². The maximum Gasteiger partial charge on any atom is 0.141 e. The highest BCUT2D eigenvalue weighted by molar-refractivity contribution is 9.10. The minimum absolute atomic E-state index is 0.0498. The molecular formula is C13H9BrF2N2O. The molecule has 19 heavy (non-hydrogen) atoms. The highest BCUT2D eigenvalue weighted by atomic mass is 79.9. The Labute approximate surface area is 116 Å². The molecule has 0 heterocycles. The summed E-state index contributed by atoms with van der Waals surface area (Å²) in [4.78, 5) is 0. The quantitative estimate of drug-likeness (QED) is 0.665. The summed E-state index contributed by atoms with van der Waals surface area (Å²) in [5.41, 5.74) is 5.87. The predicted molar refractivity (Wildman–Crippen MR) is 71.6 cm³/mol. The number of hydrogen-bond donors (Lipinski definition) is 2. The Hall–Kier alpha value is -1.95. The monoisotopic (exact) mass is 326 g/mol. The van der Waals surface area contributed by atoms with E-state index < -0.39 is 11.6 Å². The van der Waals surface area contributed by atoms with Crippen LogP contribution in [0.25, 0.3) is 0 Å². The Morgan fingerprint density at radius 3 is 2.26 bits per heavy atom. The highest BCUT2D eigenvalue weighted by Crippen LogP contribution is 2.31. The first-order valence-corrected chi connectivity index (χ1v) is 6.03. The van der Waals surface area contributed by atoms with Crippen molar-refractivity contribution in [2.75, 3.05) is 0 Å². The molecule has 0 saturated heterocycles. The van der Waals surface area contributed by atoms with Gasteiger partial charge in [-0.2, -0.15) is 0 Å². The largest absolute Gasteiger partial charge is 0.456 e. The Balaban J connectivity index is 2.30. The average molecular weight is 327 g/mol. The van der Waals surface area contributed by atoms with Crippen LogP contribution in [0.4, 0.5) is 8.78 Å². The molecule has 0 aliphatic heterocycles. The fourth-order valence-corrected chi connectivity index (χ4v) is 1.93. The lowest BCUT2D eigenvalue weighted by atomic mass is 10.2. The number of halogens is 3. The van der Waals surface area contributed by atoms with Gasteiger partial charge in [-0.1, -0.05) is 0 Å². The van der Waals surface area contributed by atoms with Crippen LogP contribution in [0.15, 0.2) is 40.9 Å². The fraction of sp³-hybridized carbons (Fsp3) is 0. The lowest BCUT2D eigenvalue weighted by molar-refractivity contribution is 0.465. The Bertz CT molecular complexity index is 626. The van der Waals surface area contributed by atoms with Gasteiger partial charge in [0, 0.05) is 23.8 Å². The molecule has 0 saturated carbocycles. The van der Waals surface area contributed by atoms with E-state index in [4.69, 9.17) is 15.9 Å². The van der Waals surface area contributed by atoms with Gasteiger partial charge in [-0.15, -0.1) is 0 Å². The van der Waals surface area contributed by atoms with Gasteiger partial charge in [-0.3, -0.25) is 5.41 Å². The molecule has 3 N–H and O–H groups in total. The van der Waals surface area contributed by atoms with E-state index in [1.165, 1.54) is 0 Å². The number of hydrogen-bond acceptors (Lipinski definition) is 2. The first-order chi connectivity index (χ1) is 8.95. The van der Waals surface area contributed by atoms with Crippen molar-refractivity contribution in [3.05, 3.63) is 58.1 Å². The van der Waals surface area contributed by atoms with E-state index in [0.29, 0.717) is 15.8 Å². The molecule has 2 aromatic carbocycles. The maximum absolute atomic E-state index is 13.0. The standard InChI is InChI=1S/C13H9BrF2N2O/c14-11-3-7(13(17)18)1-2-12(11)19-10-5-8(15)4-9(16)6-10/h1-6H,(H3,17,18). The van der Waals surface area contributed by atoms with Crippen LogP contribution >= 0.6 is 15.9 Å². The lowest BCUT2D eigenvalue weighted by Crippen LogP contribution is -2.10. The fourth-order valence-electron chi connectivity index (χ4n) is 1.47. The number of amidine groups is 1. The van der Waals surface area contributed by atoms with Crippen molar-refractivity contribution < 1.29 is 13.5 Å². The molecule has 0 radical (unpaired) electrons. The van der Waals surface area contributed by atoms with Gasteiger partial charge in [0.15, 0.2) is 0 Å². The summed E-state index contributed by atoms with van der Waals surface area (Å²) in [5.74, 6) is -1.09. The zero-order valence-electron chi connectivity index (χ0n) is 9.58. The Morgan fingerprint density at radius 2 is 1.74 bits per heavy atom. The lowest BCUT2D eigenvalue weighted by Gasteiger charge is -2.09. The van der Waals surface area contributed by atoms with E-state index in [9.17, 15) is 8.78 Å². The second-order valence-corrected chi connectivity index (χ2v) is 4.62. The molecule has 0 aromatic heterocycles. The van der Waals surface area contributed by atoms with Gasteiger partial charge in [0.05, 0.1) is 4.47 Å². The first-order valence-electron chi connectivity index (χ1n) is 5.23. The molecule has 0 atom stereocenters. The summed E-state index contributed by atoms with van der Waals surface area (Å²) >= 11 is 3.25. The number of nitrogens with one attached hydrogen (secondary N) is 1. The number of nitrogen functional groups attached to an aromatic ring is 1. The van der Waals surface area contributed by atoms with Crippen LogP contribution in [0, 0.1) is 17.0 Å². The molecule has 6 heteroatoms. The zero-order chi connectivity index (χ0) is 14.0. The second kappa shape index (κ2) is 5.36. The molecular weight excluding hydrogens is 318 g/mol. The second-order valence-electron chi connectivity index (χ2n) is 3.77. The molecule has 0 unspecified atom stereocenters. The van der Waals surface area contributed by atoms with E-state index in [-0.39, 0.29) is 11.6 Å². The number of nitrogens with two attached hydrogens (primary N) is 1.